The zero-order valence-electron chi connectivity index (χ0n) is 10.0. The Morgan fingerprint density at radius 3 is 2.53 bits per heavy atom. The summed E-state index contributed by atoms with van der Waals surface area (Å²) in [6.07, 6.45) is 1.97. The van der Waals surface area contributed by atoms with E-state index in [0.717, 1.165) is 0 Å². The molecule has 0 radical (unpaired) electrons. The van der Waals surface area contributed by atoms with Crippen molar-refractivity contribution in [2.24, 2.45) is 0 Å². The molecule has 0 fully saturated rings. The Morgan fingerprint density at radius 1 is 1.33 bits per heavy atom. The standard InChI is InChI=1S/C11H20O3Si/c1-5-13-11(12)14-9-7-6-8-10-15(2,3)4/h6,10H,5,7,9H2,1-4H3. The monoisotopic (exact) mass is 228 g/mol. The van der Waals surface area contributed by atoms with Crippen LogP contribution in [0.1, 0.15) is 13.3 Å². The van der Waals surface area contributed by atoms with Crippen molar-refractivity contribution in [2.45, 2.75) is 33.0 Å². The summed E-state index contributed by atoms with van der Waals surface area (Å²) in [6, 6.07) is 0. The summed E-state index contributed by atoms with van der Waals surface area (Å²) in [6.45, 7) is 9.17. The van der Waals surface area contributed by atoms with Gasteiger partial charge in [0, 0.05) is 6.42 Å². The number of hydrogen-bond acceptors (Lipinski definition) is 3. The lowest BCUT2D eigenvalue weighted by Crippen LogP contribution is -2.14. The minimum atomic E-state index is -1.15. The van der Waals surface area contributed by atoms with Crippen LogP contribution in [0.2, 0.25) is 19.6 Å². The zero-order valence-corrected chi connectivity index (χ0v) is 11.0. The second-order valence-corrected chi connectivity index (χ2v) is 9.22. The van der Waals surface area contributed by atoms with Crippen LogP contribution in [0, 0.1) is 0 Å². The van der Waals surface area contributed by atoms with Gasteiger partial charge in [0.1, 0.15) is 0 Å². The highest BCUT2D eigenvalue weighted by atomic mass is 28.3. The van der Waals surface area contributed by atoms with Crippen LogP contribution in [0.5, 0.6) is 0 Å². The van der Waals surface area contributed by atoms with Crippen molar-refractivity contribution >= 4 is 14.2 Å². The molecule has 0 aliphatic heterocycles. The first-order valence-electron chi connectivity index (χ1n) is 5.17. The first-order chi connectivity index (χ1) is 6.95. The van der Waals surface area contributed by atoms with E-state index >= 15 is 0 Å². The minimum Gasteiger partial charge on any atom is -0.435 e. The molecule has 0 aliphatic rings. The molecule has 0 aromatic rings. The summed E-state index contributed by atoms with van der Waals surface area (Å²) in [4.78, 5) is 10.8. The highest BCUT2D eigenvalue weighted by Gasteiger charge is 2.05. The van der Waals surface area contributed by atoms with Gasteiger partial charge in [0.2, 0.25) is 0 Å². The van der Waals surface area contributed by atoms with Crippen molar-refractivity contribution in [3.63, 3.8) is 0 Å². The van der Waals surface area contributed by atoms with Crippen LogP contribution in [0.3, 0.4) is 0 Å². The van der Waals surface area contributed by atoms with Crippen LogP contribution in [-0.2, 0) is 9.47 Å². The van der Waals surface area contributed by atoms with E-state index in [2.05, 4.69) is 35.8 Å². The molecule has 0 unspecified atom stereocenters. The van der Waals surface area contributed by atoms with Gasteiger partial charge in [-0.15, -0.1) is 5.73 Å². The Kier molecular flexibility index (Phi) is 6.83. The number of carbonyl (C=O) groups excluding carboxylic acids is 1. The normalized spacial score (nSPS) is 10.1. The summed E-state index contributed by atoms with van der Waals surface area (Å²) in [5.41, 5.74) is 5.23. The van der Waals surface area contributed by atoms with Gasteiger partial charge < -0.3 is 9.47 Å². The van der Waals surface area contributed by atoms with Gasteiger partial charge in [-0.25, -0.2) is 4.79 Å². The molecule has 0 spiro atoms. The quantitative estimate of drug-likeness (QED) is 0.314. The van der Waals surface area contributed by atoms with Crippen molar-refractivity contribution in [3.05, 3.63) is 17.5 Å². The second kappa shape index (κ2) is 7.32. The third-order valence-electron chi connectivity index (χ3n) is 1.38. The maximum Gasteiger partial charge on any atom is 0.508 e. The maximum absolute atomic E-state index is 10.8. The number of carbonyl (C=O) groups is 1. The second-order valence-electron chi connectivity index (χ2n) is 4.20. The predicted octanol–water partition coefficient (Wildman–Crippen LogP) is 3.14. The van der Waals surface area contributed by atoms with E-state index in [4.69, 9.17) is 4.74 Å². The molecule has 0 amide bonds. The van der Waals surface area contributed by atoms with Gasteiger partial charge in [0.15, 0.2) is 0 Å². The topological polar surface area (TPSA) is 35.5 Å². The van der Waals surface area contributed by atoms with Crippen LogP contribution in [0.15, 0.2) is 17.5 Å². The molecular formula is C11H20O3Si. The molecule has 0 rings (SSSR count). The summed E-state index contributed by atoms with van der Waals surface area (Å²) >= 11 is 0. The van der Waals surface area contributed by atoms with Gasteiger partial charge in [-0.05, 0) is 13.0 Å². The van der Waals surface area contributed by atoms with Crippen molar-refractivity contribution in [1.29, 1.82) is 0 Å². The van der Waals surface area contributed by atoms with E-state index in [9.17, 15) is 4.79 Å². The molecule has 0 saturated carbocycles. The molecular weight excluding hydrogens is 208 g/mol. The number of hydrogen-bond donors (Lipinski definition) is 0. The molecule has 86 valence electrons. The van der Waals surface area contributed by atoms with Crippen LogP contribution in [-0.4, -0.2) is 27.4 Å². The fourth-order valence-corrected chi connectivity index (χ4v) is 1.37. The third-order valence-corrected chi connectivity index (χ3v) is 2.41. The van der Waals surface area contributed by atoms with Crippen molar-refractivity contribution in [2.75, 3.05) is 13.2 Å². The van der Waals surface area contributed by atoms with Crippen LogP contribution in [0.25, 0.3) is 0 Å². The van der Waals surface area contributed by atoms with E-state index in [1.165, 1.54) is 0 Å². The Balaban J connectivity index is 3.63. The number of ether oxygens (including phenoxy) is 2. The third kappa shape index (κ3) is 10.9. The summed E-state index contributed by atoms with van der Waals surface area (Å²) in [5.74, 6) is 0. The Bertz CT molecular complexity index is 247. The molecule has 15 heavy (non-hydrogen) atoms. The molecule has 0 bridgehead atoms. The SMILES string of the molecule is CCOC(=O)OCCC=C=C[Si](C)(C)C. The highest BCUT2D eigenvalue weighted by Crippen LogP contribution is 2.00. The first-order valence-corrected chi connectivity index (χ1v) is 8.75. The van der Waals surface area contributed by atoms with Crippen molar-refractivity contribution in [1.82, 2.24) is 0 Å². The lowest BCUT2D eigenvalue weighted by molar-refractivity contribution is 0.0604. The van der Waals surface area contributed by atoms with E-state index < -0.39 is 14.2 Å². The molecule has 0 N–H and O–H groups in total. The van der Waals surface area contributed by atoms with Crippen LogP contribution in [0.4, 0.5) is 4.79 Å². The van der Waals surface area contributed by atoms with Gasteiger partial charge in [-0.2, -0.15) is 0 Å². The molecule has 0 aromatic heterocycles. The van der Waals surface area contributed by atoms with E-state index in [-0.39, 0.29) is 0 Å². The fourth-order valence-electron chi connectivity index (χ4n) is 0.753. The smallest absolute Gasteiger partial charge is 0.435 e. The Labute approximate surface area is 92.8 Å². The fraction of sp³-hybridized carbons (Fsp3) is 0.636. The zero-order chi connectivity index (χ0) is 11.7. The van der Waals surface area contributed by atoms with E-state index in [0.29, 0.717) is 19.6 Å². The number of rotatable bonds is 5. The molecule has 0 aliphatic carbocycles. The molecule has 0 saturated heterocycles. The first kappa shape index (κ1) is 14.0. The summed E-state index contributed by atoms with van der Waals surface area (Å²) in [5, 5.41) is 0. The van der Waals surface area contributed by atoms with E-state index in [1.807, 2.05) is 6.08 Å². The molecule has 0 aromatic carbocycles. The van der Waals surface area contributed by atoms with Gasteiger partial charge in [-0.1, -0.05) is 25.3 Å². The molecule has 0 heterocycles. The maximum atomic E-state index is 10.8. The summed E-state index contributed by atoms with van der Waals surface area (Å²) < 4.78 is 9.39. The Hall–Kier alpha value is -0.993. The molecule has 0 atom stereocenters. The average Bonchev–Trinajstić information content (AvgIpc) is 2.09. The average molecular weight is 228 g/mol. The van der Waals surface area contributed by atoms with Crippen LogP contribution < -0.4 is 0 Å². The van der Waals surface area contributed by atoms with Gasteiger partial charge in [-0.3, -0.25) is 0 Å². The lowest BCUT2D eigenvalue weighted by atomic mass is 10.4. The van der Waals surface area contributed by atoms with Gasteiger partial charge in [0.05, 0.1) is 21.3 Å². The van der Waals surface area contributed by atoms with Crippen molar-refractivity contribution in [3.8, 4) is 0 Å². The van der Waals surface area contributed by atoms with Gasteiger partial charge in [0.25, 0.3) is 0 Å². The lowest BCUT2D eigenvalue weighted by Gasteiger charge is -2.05. The Morgan fingerprint density at radius 2 is 2.00 bits per heavy atom. The van der Waals surface area contributed by atoms with Gasteiger partial charge >= 0.3 is 6.16 Å². The van der Waals surface area contributed by atoms with Crippen LogP contribution >= 0.6 is 0 Å². The summed E-state index contributed by atoms with van der Waals surface area (Å²) in [7, 11) is -1.15. The van der Waals surface area contributed by atoms with E-state index in [1.54, 1.807) is 6.92 Å². The molecule has 3 nitrogen and oxygen atoms in total. The predicted molar refractivity (Wildman–Crippen MR) is 63.6 cm³/mol. The van der Waals surface area contributed by atoms with Crippen molar-refractivity contribution < 1.29 is 14.3 Å². The minimum absolute atomic E-state index is 0.351. The molecule has 4 heteroatoms. The largest absolute Gasteiger partial charge is 0.508 e. The highest BCUT2D eigenvalue weighted by molar-refractivity contribution is 6.80.